The first kappa shape index (κ1) is 22.8. The molecule has 0 aromatic carbocycles. The van der Waals surface area contributed by atoms with Gasteiger partial charge in [-0.25, -0.2) is 4.98 Å². The van der Waals surface area contributed by atoms with Gasteiger partial charge in [-0.3, -0.25) is 9.89 Å². The number of nitrogens with zero attached hydrogens (tertiary/aromatic N) is 6. The Kier molecular flexibility index (Phi) is 8.70. The predicted molar refractivity (Wildman–Crippen MR) is 126 cm³/mol. The van der Waals surface area contributed by atoms with Crippen LogP contribution >= 0.6 is 24.0 Å². The van der Waals surface area contributed by atoms with Gasteiger partial charge < -0.3 is 24.4 Å². The summed E-state index contributed by atoms with van der Waals surface area (Å²) in [6.45, 7) is 8.61. The van der Waals surface area contributed by atoms with Crippen molar-refractivity contribution < 1.29 is 9.26 Å². The number of anilines is 1. The molecular formula is C20H30IN7O2. The molecule has 2 aliphatic rings. The molecule has 1 N–H and O–H groups in total. The van der Waals surface area contributed by atoms with Crippen molar-refractivity contribution in [3.05, 3.63) is 41.9 Å². The lowest BCUT2D eigenvalue weighted by atomic mass is 10.2. The number of pyridine rings is 1. The van der Waals surface area contributed by atoms with Gasteiger partial charge in [0.2, 0.25) is 0 Å². The summed E-state index contributed by atoms with van der Waals surface area (Å²) >= 11 is 0. The van der Waals surface area contributed by atoms with E-state index in [0.717, 1.165) is 76.5 Å². The molecule has 0 saturated carbocycles. The van der Waals surface area contributed by atoms with Crippen molar-refractivity contribution in [3.8, 4) is 0 Å². The molecule has 0 spiro atoms. The third-order valence-electron chi connectivity index (χ3n) is 5.38. The number of hydrogen-bond donors (Lipinski definition) is 1. The molecule has 0 radical (unpaired) electrons. The lowest BCUT2D eigenvalue weighted by molar-refractivity contribution is 0.122. The molecule has 2 aromatic rings. The molecule has 2 aromatic heterocycles. The Morgan fingerprint density at radius 3 is 2.63 bits per heavy atom. The molecule has 0 amide bonds. The van der Waals surface area contributed by atoms with E-state index in [1.54, 1.807) is 6.26 Å². The van der Waals surface area contributed by atoms with Crippen LogP contribution in [0.3, 0.4) is 0 Å². The lowest BCUT2D eigenvalue weighted by Crippen LogP contribution is -2.52. The van der Waals surface area contributed by atoms with E-state index in [9.17, 15) is 0 Å². The minimum atomic E-state index is 0. The van der Waals surface area contributed by atoms with E-state index in [0.29, 0.717) is 6.54 Å². The molecule has 0 atom stereocenters. The van der Waals surface area contributed by atoms with Crippen LogP contribution in [0.15, 0.2) is 40.2 Å². The summed E-state index contributed by atoms with van der Waals surface area (Å²) in [5.74, 6) is 1.97. The van der Waals surface area contributed by atoms with Crippen molar-refractivity contribution in [3.63, 3.8) is 0 Å². The number of hydrogen-bond acceptors (Lipinski definition) is 7. The number of rotatable bonds is 5. The minimum Gasteiger partial charge on any atom is -0.378 e. The van der Waals surface area contributed by atoms with Crippen LogP contribution in [-0.4, -0.2) is 85.4 Å². The van der Waals surface area contributed by atoms with Crippen LogP contribution < -0.4 is 10.2 Å². The normalized spacial score (nSPS) is 18.2. The first-order valence-corrected chi connectivity index (χ1v) is 10.2. The predicted octanol–water partition coefficient (Wildman–Crippen LogP) is 1.42. The monoisotopic (exact) mass is 527 g/mol. The van der Waals surface area contributed by atoms with Gasteiger partial charge in [-0.05, 0) is 6.07 Å². The number of halogens is 1. The van der Waals surface area contributed by atoms with Gasteiger partial charge in [0, 0.05) is 77.2 Å². The maximum atomic E-state index is 5.47. The third kappa shape index (κ3) is 5.82. The molecule has 10 heteroatoms. The quantitative estimate of drug-likeness (QED) is 0.356. The van der Waals surface area contributed by atoms with Crippen LogP contribution in [0.4, 0.5) is 5.82 Å². The van der Waals surface area contributed by atoms with Crippen molar-refractivity contribution in [2.45, 2.75) is 13.1 Å². The highest BCUT2D eigenvalue weighted by molar-refractivity contribution is 14.0. The van der Waals surface area contributed by atoms with Crippen LogP contribution in [0.2, 0.25) is 0 Å². The molecule has 2 saturated heterocycles. The number of aromatic nitrogens is 2. The molecule has 164 valence electrons. The van der Waals surface area contributed by atoms with Crippen LogP contribution in [-0.2, 0) is 17.8 Å². The van der Waals surface area contributed by atoms with Crippen molar-refractivity contribution >= 4 is 35.8 Å². The maximum Gasteiger partial charge on any atom is 0.194 e. The van der Waals surface area contributed by atoms with E-state index in [2.05, 4.69) is 41.2 Å². The summed E-state index contributed by atoms with van der Waals surface area (Å²) < 4.78 is 10.4. The minimum absolute atomic E-state index is 0. The second-order valence-corrected chi connectivity index (χ2v) is 7.24. The summed E-state index contributed by atoms with van der Waals surface area (Å²) in [6, 6.07) is 6.05. The van der Waals surface area contributed by atoms with Crippen LogP contribution in [0.1, 0.15) is 11.3 Å². The molecule has 9 nitrogen and oxygen atoms in total. The zero-order chi connectivity index (χ0) is 19.9. The number of ether oxygens (including phenoxy) is 1. The second kappa shape index (κ2) is 11.5. The zero-order valence-electron chi connectivity index (χ0n) is 17.4. The Labute approximate surface area is 194 Å². The van der Waals surface area contributed by atoms with Gasteiger partial charge in [-0.2, -0.15) is 0 Å². The van der Waals surface area contributed by atoms with E-state index in [1.165, 1.54) is 5.56 Å². The highest BCUT2D eigenvalue weighted by atomic mass is 127. The lowest BCUT2D eigenvalue weighted by Gasteiger charge is -2.36. The van der Waals surface area contributed by atoms with Gasteiger partial charge in [-0.1, -0.05) is 11.2 Å². The number of nitrogens with one attached hydrogen (secondary N) is 1. The molecule has 0 bridgehead atoms. The Morgan fingerprint density at radius 1 is 1.13 bits per heavy atom. The van der Waals surface area contributed by atoms with Gasteiger partial charge in [0.15, 0.2) is 5.96 Å². The summed E-state index contributed by atoms with van der Waals surface area (Å²) in [4.78, 5) is 16.1. The van der Waals surface area contributed by atoms with Crippen molar-refractivity contribution in [2.24, 2.45) is 4.99 Å². The summed E-state index contributed by atoms with van der Waals surface area (Å²) in [5, 5.41) is 7.53. The molecule has 0 aliphatic carbocycles. The highest BCUT2D eigenvalue weighted by Crippen LogP contribution is 2.18. The van der Waals surface area contributed by atoms with E-state index in [1.807, 2.05) is 25.4 Å². The number of aliphatic imine (C=N–C) groups is 1. The molecule has 2 aliphatic heterocycles. The van der Waals surface area contributed by atoms with Crippen molar-refractivity contribution in [1.82, 2.24) is 25.3 Å². The second-order valence-electron chi connectivity index (χ2n) is 7.24. The van der Waals surface area contributed by atoms with E-state index < -0.39 is 0 Å². The molecule has 0 unspecified atom stereocenters. The maximum absolute atomic E-state index is 5.47. The molecule has 4 rings (SSSR count). The topological polar surface area (TPSA) is 82.3 Å². The fourth-order valence-corrected chi connectivity index (χ4v) is 3.80. The van der Waals surface area contributed by atoms with Gasteiger partial charge in [-0.15, -0.1) is 24.0 Å². The molecular weight excluding hydrogens is 497 g/mol. The molecule has 4 heterocycles. The smallest absolute Gasteiger partial charge is 0.194 e. The van der Waals surface area contributed by atoms with Crippen LogP contribution in [0, 0.1) is 0 Å². The van der Waals surface area contributed by atoms with Crippen LogP contribution in [0.25, 0.3) is 0 Å². The van der Waals surface area contributed by atoms with Gasteiger partial charge in [0.25, 0.3) is 0 Å². The number of piperazine rings is 1. The molecule has 2 fully saturated rings. The Hall–Kier alpha value is -1.92. The fourth-order valence-electron chi connectivity index (χ4n) is 3.80. The van der Waals surface area contributed by atoms with Gasteiger partial charge in [0.1, 0.15) is 12.1 Å². The largest absolute Gasteiger partial charge is 0.378 e. The Bertz CT molecular complexity index is 788. The Balaban J connectivity index is 0.00000256. The first-order chi connectivity index (χ1) is 14.3. The SMILES string of the molecule is CN=C(NCc1cccnc1N1CCOCC1)N1CCN(Cc2ccon2)CC1.I. The van der Waals surface area contributed by atoms with Crippen molar-refractivity contribution in [1.29, 1.82) is 0 Å². The molecule has 30 heavy (non-hydrogen) atoms. The number of morpholine rings is 1. The van der Waals surface area contributed by atoms with Crippen LogP contribution in [0.5, 0.6) is 0 Å². The van der Waals surface area contributed by atoms with E-state index in [4.69, 9.17) is 9.26 Å². The van der Waals surface area contributed by atoms with Gasteiger partial charge >= 0.3 is 0 Å². The van der Waals surface area contributed by atoms with E-state index >= 15 is 0 Å². The fraction of sp³-hybridized carbons (Fsp3) is 0.550. The highest BCUT2D eigenvalue weighted by Gasteiger charge is 2.21. The van der Waals surface area contributed by atoms with E-state index in [-0.39, 0.29) is 24.0 Å². The summed E-state index contributed by atoms with van der Waals surface area (Å²) in [7, 11) is 1.84. The summed E-state index contributed by atoms with van der Waals surface area (Å²) in [6.07, 6.45) is 3.48. The average molecular weight is 527 g/mol. The zero-order valence-corrected chi connectivity index (χ0v) is 19.7. The standard InChI is InChI=1S/C20H29N7O2.HI/c1-21-20(27-8-6-25(7-9-27)16-18-4-12-29-24-18)23-15-17-3-2-5-22-19(17)26-10-13-28-14-11-26;/h2-5,12H,6-11,13-16H2,1H3,(H,21,23);1H. The first-order valence-electron chi connectivity index (χ1n) is 10.2. The average Bonchev–Trinajstić information content (AvgIpc) is 3.29. The summed E-state index contributed by atoms with van der Waals surface area (Å²) in [5.41, 5.74) is 2.16. The van der Waals surface area contributed by atoms with Crippen molar-refractivity contribution in [2.75, 3.05) is 64.4 Å². The van der Waals surface area contributed by atoms with Gasteiger partial charge in [0.05, 0.1) is 18.9 Å². The third-order valence-corrected chi connectivity index (χ3v) is 5.38. The number of guanidine groups is 1. The Morgan fingerprint density at radius 2 is 1.93 bits per heavy atom.